The van der Waals surface area contributed by atoms with Gasteiger partial charge < -0.3 is 24.5 Å². The number of carboxylic acid groups (broad SMARTS) is 2. The van der Waals surface area contributed by atoms with Gasteiger partial charge in [0.15, 0.2) is 0 Å². The smallest absolute Gasteiger partial charge is 0.307 e. The van der Waals surface area contributed by atoms with Gasteiger partial charge in [-0.3, -0.25) is 4.79 Å². The Kier molecular flexibility index (Phi) is 9.53. The maximum Gasteiger partial charge on any atom is 0.307 e. The number of hydrogen-bond acceptors (Lipinski definition) is 6. The molecule has 0 saturated heterocycles. The Morgan fingerprint density at radius 3 is 2.26 bits per heavy atom. The first-order valence-electron chi connectivity index (χ1n) is 10.1. The molecule has 2 atom stereocenters. The highest BCUT2D eigenvalue weighted by Gasteiger charge is 2.45. The Morgan fingerprint density at radius 1 is 1.15 bits per heavy atom. The lowest BCUT2D eigenvalue weighted by Crippen LogP contribution is -2.53. The number of carbonyl (C=O) groups is 3. The molecule has 0 aliphatic heterocycles. The Morgan fingerprint density at radius 2 is 1.78 bits per heavy atom. The first kappa shape index (κ1) is 23.2. The normalized spacial score (nSPS) is 18.3. The zero-order valence-corrected chi connectivity index (χ0v) is 16.6. The molecule has 1 aliphatic carbocycles. The van der Waals surface area contributed by atoms with Gasteiger partial charge in [0.25, 0.3) is 0 Å². The number of carbonyl (C=O) groups excluding carboxylic acids is 3. The molecule has 6 heteroatoms. The summed E-state index contributed by atoms with van der Waals surface area (Å²) in [5.74, 6) is -4.27. The fraction of sp³-hybridized carbons (Fsp3) is 0.762. The van der Waals surface area contributed by atoms with Gasteiger partial charge in [0.2, 0.25) is 0 Å². The number of unbranched alkanes of at least 4 members (excludes halogenated alkanes) is 1. The standard InChI is InChI=1S/C21H34O6/c1-4-6-10-16(5-2)14-27-18(22)13-21(20(25)26,15(3)19(23)24)17-11-8-7-9-12-17/h16-17H,3-14H2,1-2H3,(H,23,24)(H,25,26)/p-2. The van der Waals surface area contributed by atoms with Crippen LogP contribution in [0, 0.1) is 17.3 Å². The van der Waals surface area contributed by atoms with Crippen LogP contribution in [0.5, 0.6) is 0 Å². The Labute approximate surface area is 162 Å². The summed E-state index contributed by atoms with van der Waals surface area (Å²) in [6, 6.07) is 0. The molecular weight excluding hydrogens is 348 g/mol. The summed E-state index contributed by atoms with van der Waals surface area (Å²) in [7, 11) is 0. The van der Waals surface area contributed by atoms with Crippen LogP contribution in [0.2, 0.25) is 0 Å². The van der Waals surface area contributed by atoms with Crippen molar-refractivity contribution in [1.82, 2.24) is 0 Å². The molecule has 0 aromatic carbocycles. The van der Waals surface area contributed by atoms with Gasteiger partial charge in [-0.15, -0.1) is 0 Å². The number of rotatable bonds is 12. The maximum atomic E-state index is 12.5. The third-order valence-corrected chi connectivity index (χ3v) is 5.90. The van der Waals surface area contributed by atoms with E-state index in [1.54, 1.807) is 0 Å². The largest absolute Gasteiger partial charge is 0.549 e. The van der Waals surface area contributed by atoms with Crippen LogP contribution in [0.1, 0.15) is 78.1 Å². The second kappa shape index (κ2) is 11.1. The molecule has 0 aromatic heterocycles. The van der Waals surface area contributed by atoms with Crippen molar-refractivity contribution >= 4 is 17.9 Å². The topological polar surface area (TPSA) is 107 Å². The number of ether oxygens (including phenoxy) is 1. The van der Waals surface area contributed by atoms with Crippen molar-refractivity contribution in [3.8, 4) is 0 Å². The van der Waals surface area contributed by atoms with E-state index in [9.17, 15) is 24.6 Å². The molecule has 27 heavy (non-hydrogen) atoms. The summed E-state index contributed by atoms with van der Waals surface area (Å²) < 4.78 is 5.33. The second-order valence-electron chi connectivity index (χ2n) is 7.64. The molecule has 0 radical (unpaired) electrons. The van der Waals surface area contributed by atoms with Crippen LogP contribution in [0.3, 0.4) is 0 Å². The molecule has 1 aliphatic rings. The van der Waals surface area contributed by atoms with Gasteiger partial charge in [-0.2, -0.15) is 0 Å². The highest BCUT2D eigenvalue weighted by atomic mass is 16.5. The van der Waals surface area contributed by atoms with Crippen LogP contribution in [0.4, 0.5) is 0 Å². The van der Waals surface area contributed by atoms with Crippen LogP contribution in [-0.4, -0.2) is 24.5 Å². The first-order valence-corrected chi connectivity index (χ1v) is 10.1. The van der Waals surface area contributed by atoms with Crippen molar-refractivity contribution in [3.05, 3.63) is 12.2 Å². The van der Waals surface area contributed by atoms with Crippen molar-refractivity contribution in [2.75, 3.05) is 6.61 Å². The predicted molar refractivity (Wildman–Crippen MR) is 97.0 cm³/mol. The van der Waals surface area contributed by atoms with E-state index in [1.165, 1.54) is 0 Å². The lowest BCUT2D eigenvalue weighted by molar-refractivity contribution is -0.325. The van der Waals surface area contributed by atoms with E-state index in [2.05, 4.69) is 13.5 Å². The molecule has 2 unspecified atom stereocenters. The fourth-order valence-corrected chi connectivity index (χ4v) is 4.02. The third-order valence-electron chi connectivity index (χ3n) is 5.90. The summed E-state index contributed by atoms with van der Waals surface area (Å²) in [6.07, 6.45) is 6.84. The van der Waals surface area contributed by atoms with E-state index in [4.69, 9.17) is 4.74 Å². The van der Waals surface area contributed by atoms with Gasteiger partial charge >= 0.3 is 5.97 Å². The Hall–Kier alpha value is -1.85. The van der Waals surface area contributed by atoms with Crippen LogP contribution in [0.15, 0.2) is 12.2 Å². The lowest BCUT2D eigenvalue weighted by atomic mass is 9.63. The lowest BCUT2D eigenvalue weighted by Gasteiger charge is -2.44. The van der Waals surface area contributed by atoms with Crippen LogP contribution in [0.25, 0.3) is 0 Å². The second-order valence-corrected chi connectivity index (χ2v) is 7.64. The van der Waals surface area contributed by atoms with E-state index >= 15 is 0 Å². The minimum absolute atomic E-state index is 0.209. The highest BCUT2D eigenvalue weighted by Crippen LogP contribution is 2.45. The molecule has 0 aromatic rings. The molecule has 0 N–H and O–H groups in total. The minimum Gasteiger partial charge on any atom is -0.549 e. The molecule has 1 fully saturated rings. The molecule has 0 spiro atoms. The van der Waals surface area contributed by atoms with Crippen molar-refractivity contribution in [1.29, 1.82) is 0 Å². The van der Waals surface area contributed by atoms with Crippen molar-refractivity contribution in [2.24, 2.45) is 17.3 Å². The number of esters is 1. The SMILES string of the molecule is C=C(C(=O)[O-])C(CC(=O)OCC(CC)CCCC)(C(=O)[O-])C1CCCCC1. The van der Waals surface area contributed by atoms with E-state index < -0.39 is 41.2 Å². The summed E-state index contributed by atoms with van der Waals surface area (Å²) >= 11 is 0. The average molecular weight is 380 g/mol. The third kappa shape index (κ3) is 6.08. The van der Waals surface area contributed by atoms with Crippen molar-refractivity contribution < 1.29 is 29.3 Å². The Bertz CT molecular complexity index is 535. The zero-order chi connectivity index (χ0) is 20.4. The van der Waals surface area contributed by atoms with E-state index in [0.717, 1.165) is 44.9 Å². The quantitative estimate of drug-likeness (QED) is 0.377. The first-order chi connectivity index (χ1) is 12.8. The van der Waals surface area contributed by atoms with Crippen LogP contribution >= 0.6 is 0 Å². The van der Waals surface area contributed by atoms with E-state index in [-0.39, 0.29) is 12.5 Å². The average Bonchev–Trinajstić information content (AvgIpc) is 2.66. The molecule has 6 nitrogen and oxygen atoms in total. The van der Waals surface area contributed by atoms with Crippen molar-refractivity contribution in [2.45, 2.75) is 78.1 Å². The molecule has 1 saturated carbocycles. The van der Waals surface area contributed by atoms with Gasteiger partial charge in [-0.1, -0.05) is 59.0 Å². The number of carboxylic acids is 2. The van der Waals surface area contributed by atoms with Gasteiger partial charge in [0.05, 0.1) is 25.0 Å². The maximum absolute atomic E-state index is 12.5. The highest BCUT2D eigenvalue weighted by molar-refractivity contribution is 5.97. The molecule has 0 bridgehead atoms. The molecule has 1 rings (SSSR count). The predicted octanol–water partition coefficient (Wildman–Crippen LogP) is 1.76. The fourth-order valence-electron chi connectivity index (χ4n) is 4.02. The van der Waals surface area contributed by atoms with Crippen LogP contribution < -0.4 is 10.2 Å². The van der Waals surface area contributed by atoms with Gasteiger partial charge in [-0.05, 0) is 36.7 Å². The Balaban J connectivity index is 2.95. The van der Waals surface area contributed by atoms with Crippen LogP contribution in [-0.2, 0) is 19.1 Å². The zero-order valence-electron chi connectivity index (χ0n) is 16.6. The van der Waals surface area contributed by atoms with E-state index in [1.807, 2.05) is 6.92 Å². The summed E-state index contributed by atoms with van der Waals surface area (Å²) in [4.78, 5) is 36.0. The molecule has 0 amide bonds. The van der Waals surface area contributed by atoms with E-state index in [0.29, 0.717) is 12.8 Å². The number of hydrogen-bond donors (Lipinski definition) is 0. The number of aliphatic carboxylic acids is 2. The van der Waals surface area contributed by atoms with Gasteiger partial charge in [0.1, 0.15) is 0 Å². The summed E-state index contributed by atoms with van der Waals surface area (Å²) in [5, 5.41) is 23.5. The molecule has 154 valence electrons. The molecular formula is C21H32O6-2. The summed E-state index contributed by atoms with van der Waals surface area (Å²) in [6.45, 7) is 7.75. The molecule has 0 heterocycles. The summed E-state index contributed by atoms with van der Waals surface area (Å²) in [5.41, 5.74) is -2.56. The monoisotopic (exact) mass is 380 g/mol. The van der Waals surface area contributed by atoms with Gasteiger partial charge in [0, 0.05) is 5.41 Å². The minimum atomic E-state index is -1.97. The van der Waals surface area contributed by atoms with Crippen molar-refractivity contribution in [3.63, 3.8) is 0 Å². The van der Waals surface area contributed by atoms with Gasteiger partial charge in [-0.25, -0.2) is 0 Å².